The van der Waals surface area contributed by atoms with Gasteiger partial charge in [0.15, 0.2) is 0 Å². The van der Waals surface area contributed by atoms with E-state index in [0.717, 1.165) is 16.9 Å². The Labute approximate surface area is 152 Å². The third kappa shape index (κ3) is 5.34. The lowest BCUT2D eigenvalue weighted by Gasteiger charge is -2.20. The molecule has 0 saturated carbocycles. The second-order valence-electron chi connectivity index (χ2n) is 5.68. The van der Waals surface area contributed by atoms with E-state index in [2.05, 4.69) is 24.0 Å². The number of amides is 1. The molecule has 2 nitrogen and oxygen atoms in total. The summed E-state index contributed by atoms with van der Waals surface area (Å²) in [4.78, 5) is 15.4. The Hall–Kier alpha value is -2.83. The smallest absolute Gasteiger partial charge is 0.299 e. The van der Waals surface area contributed by atoms with Gasteiger partial charge in [-0.1, -0.05) is 66.7 Å². The van der Waals surface area contributed by atoms with Crippen LogP contribution in [0.15, 0.2) is 78.2 Å². The first-order valence-electron chi connectivity index (χ1n) is 8.23. The summed E-state index contributed by atoms with van der Waals surface area (Å²) >= 11 is 1.55. The number of hydrogen-bond acceptors (Lipinski definition) is 2. The highest BCUT2D eigenvalue weighted by Gasteiger charge is 2.12. The van der Waals surface area contributed by atoms with Crippen molar-refractivity contribution in [1.82, 2.24) is 4.90 Å². The Morgan fingerprint density at radius 3 is 2.20 bits per heavy atom. The fourth-order valence-corrected chi connectivity index (χ4v) is 3.08. The Morgan fingerprint density at radius 1 is 0.880 bits per heavy atom. The fourth-order valence-electron chi connectivity index (χ4n) is 2.51. The number of hydrogen-bond donors (Lipinski definition) is 0. The van der Waals surface area contributed by atoms with Gasteiger partial charge in [-0.2, -0.15) is 0 Å². The maximum atomic E-state index is 12.6. The fraction of sp³-hybridized carbons (Fsp3) is 0.136. The third-order valence-corrected chi connectivity index (χ3v) is 4.62. The van der Waals surface area contributed by atoms with E-state index in [1.807, 2.05) is 70.9 Å². The first-order valence-corrected chi connectivity index (χ1v) is 9.11. The van der Waals surface area contributed by atoms with Gasteiger partial charge in [-0.3, -0.25) is 4.79 Å². The van der Waals surface area contributed by atoms with E-state index in [4.69, 9.17) is 0 Å². The van der Waals surface area contributed by atoms with Gasteiger partial charge in [-0.15, -0.1) is 11.3 Å². The molecular formula is C22H19NOS. The number of thiophene rings is 1. The molecule has 1 aromatic heterocycles. The van der Waals surface area contributed by atoms with E-state index in [9.17, 15) is 4.79 Å². The molecule has 0 radical (unpaired) electrons. The van der Waals surface area contributed by atoms with Gasteiger partial charge < -0.3 is 4.90 Å². The zero-order valence-corrected chi connectivity index (χ0v) is 14.7. The summed E-state index contributed by atoms with van der Waals surface area (Å²) in [5.41, 5.74) is 2.33. The van der Waals surface area contributed by atoms with E-state index in [1.54, 1.807) is 11.3 Å². The molecule has 3 aromatic rings. The zero-order chi connectivity index (χ0) is 17.3. The van der Waals surface area contributed by atoms with Crippen molar-refractivity contribution in [3.63, 3.8) is 0 Å². The van der Waals surface area contributed by atoms with Crippen LogP contribution in [0.1, 0.15) is 16.0 Å². The summed E-state index contributed by atoms with van der Waals surface area (Å²) in [5.74, 6) is 5.62. The van der Waals surface area contributed by atoms with Gasteiger partial charge in [0.25, 0.3) is 5.91 Å². The topological polar surface area (TPSA) is 20.3 Å². The van der Waals surface area contributed by atoms with Gasteiger partial charge >= 0.3 is 0 Å². The molecule has 0 spiro atoms. The normalized spacial score (nSPS) is 9.92. The maximum Gasteiger partial charge on any atom is 0.299 e. The predicted molar refractivity (Wildman–Crippen MR) is 103 cm³/mol. The molecule has 0 bridgehead atoms. The van der Waals surface area contributed by atoms with Crippen molar-refractivity contribution < 1.29 is 4.79 Å². The Morgan fingerprint density at radius 2 is 1.56 bits per heavy atom. The highest BCUT2D eigenvalue weighted by atomic mass is 32.1. The lowest BCUT2D eigenvalue weighted by atomic mass is 10.1. The minimum Gasteiger partial charge on any atom is -0.327 e. The van der Waals surface area contributed by atoms with E-state index in [1.165, 1.54) is 5.56 Å². The minimum absolute atomic E-state index is 0.131. The van der Waals surface area contributed by atoms with Crippen LogP contribution in [0, 0.1) is 11.8 Å². The van der Waals surface area contributed by atoms with Gasteiger partial charge in [0.1, 0.15) is 0 Å². The van der Waals surface area contributed by atoms with Crippen LogP contribution >= 0.6 is 11.3 Å². The summed E-state index contributed by atoms with van der Waals surface area (Å²) in [6.07, 6.45) is 0.820. The van der Waals surface area contributed by atoms with Crippen molar-refractivity contribution in [2.24, 2.45) is 0 Å². The summed E-state index contributed by atoms with van der Waals surface area (Å²) < 4.78 is 0. The third-order valence-electron chi connectivity index (χ3n) is 3.83. The van der Waals surface area contributed by atoms with Crippen molar-refractivity contribution in [2.45, 2.75) is 13.0 Å². The van der Waals surface area contributed by atoms with Crippen molar-refractivity contribution >= 4 is 17.2 Å². The number of rotatable bonds is 5. The lowest BCUT2D eigenvalue weighted by molar-refractivity contribution is -0.125. The highest BCUT2D eigenvalue weighted by Crippen LogP contribution is 2.09. The number of carbonyl (C=O) groups is 1. The van der Waals surface area contributed by atoms with Gasteiger partial charge in [0.2, 0.25) is 0 Å². The molecule has 1 heterocycles. The maximum absolute atomic E-state index is 12.6. The van der Waals surface area contributed by atoms with Crippen LogP contribution in [0.4, 0.5) is 0 Å². The number of nitrogens with zero attached hydrogens (tertiary/aromatic N) is 1. The molecule has 0 aliphatic heterocycles. The van der Waals surface area contributed by atoms with Crippen molar-refractivity contribution in [1.29, 1.82) is 0 Å². The molecule has 0 aliphatic carbocycles. The van der Waals surface area contributed by atoms with Crippen LogP contribution in [-0.2, 0) is 17.8 Å². The molecule has 25 heavy (non-hydrogen) atoms. The van der Waals surface area contributed by atoms with E-state index >= 15 is 0 Å². The zero-order valence-electron chi connectivity index (χ0n) is 13.9. The van der Waals surface area contributed by atoms with Gasteiger partial charge in [0.05, 0.1) is 4.88 Å². The molecule has 0 N–H and O–H groups in total. The minimum atomic E-state index is -0.131. The van der Waals surface area contributed by atoms with E-state index in [0.29, 0.717) is 13.1 Å². The average Bonchev–Trinajstić information content (AvgIpc) is 3.18. The van der Waals surface area contributed by atoms with E-state index in [-0.39, 0.29) is 5.91 Å². The Kier molecular flexibility index (Phi) is 6.03. The number of carbonyl (C=O) groups excluding carboxylic acids is 1. The van der Waals surface area contributed by atoms with Crippen LogP contribution < -0.4 is 0 Å². The monoisotopic (exact) mass is 345 g/mol. The summed E-state index contributed by atoms with van der Waals surface area (Å²) in [7, 11) is 0. The van der Waals surface area contributed by atoms with Crippen LogP contribution in [0.5, 0.6) is 0 Å². The SMILES string of the molecule is O=C(C#Cc1cccs1)N(CCc1ccccc1)Cc1ccccc1. The summed E-state index contributed by atoms with van der Waals surface area (Å²) in [6, 6.07) is 24.1. The van der Waals surface area contributed by atoms with E-state index < -0.39 is 0 Å². The number of benzene rings is 2. The van der Waals surface area contributed by atoms with Crippen LogP contribution in [0.25, 0.3) is 0 Å². The first kappa shape index (κ1) is 17.0. The van der Waals surface area contributed by atoms with Gasteiger partial charge in [-0.05, 0) is 34.9 Å². The first-order chi connectivity index (χ1) is 12.3. The van der Waals surface area contributed by atoms with Crippen molar-refractivity contribution in [2.75, 3.05) is 6.54 Å². The molecule has 3 heteroatoms. The quantitative estimate of drug-likeness (QED) is 0.629. The Balaban J connectivity index is 1.72. The standard InChI is InChI=1S/C22H19NOS/c24-22(14-13-21-12-7-17-25-21)23(18-20-10-5-2-6-11-20)16-15-19-8-3-1-4-9-19/h1-12,17H,15-16,18H2. The molecule has 0 saturated heterocycles. The molecule has 0 atom stereocenters. The van der Waals surface area contributed by atoms with Crippen LogP contribution in [0.3, 0.4) is 0 Å². The average molecular weight is 345 g/mol. The predicted octanol–water partition coefficient (Wildman–Crippen LogP) is 4.37. The largest absolute Gasteiger partial charge is 0.327 e. The molecule has 1 amide bonds. The molecule has 2 aromatic carbocycles. The molecule has 3 rings (SSSR count). The lowest BCUT2D eigenvalue weighted by Crippen LogP contribution is -2.31. The second-order valence-corrected chi connectivity index (χ2v) is 6.62. The molecule has 0 aliphatic rings. The molecule has 124 valence electrons. The van der Waals surface area contributed by atoms with Gasteiger partial charge in [0, 0.05) is 19.0 Å². The van der Waals surface area contributed by atoms with Crippen LogP contribution in [-0.4, -0.2) is 17.4 Å². The van der Waals surface area contributed by atoms with Crippen LogP contribution in [0.2, 0.25) is 0 Å². The second kappa shape index (κ2) is 8.86. The Bertz CT molecular complexity index is 845. The van der Waals surface area contributed by atoms with Crippen molar-refractivity contribution in [3.05, 3.63) is 94.2 Å². The summed E-state index contributed by atoms with van der Waals surface area (Å²) in [6.45, 7) is 1.22. The molecular weight excluding hydrogens is 326 g/mol. The van der Waals surface area contributed by atoms with Crippen molar-refractivity contribution in [3.8, 4) is 11.8 Å². The van der Waals surface area contributed by atoms with Gasteiger partial charge in [-0.25, -0.2) is 0 Å². The molecule has 0 fully saturated rings. The highest BCUT2D eigenvalue weighted by molar-refractivity contribution is 7.10. The molecule has 0 unspecified atom stereocenters. The summed E-state index contributed by atoms with van der Waals surface area (Å²) in [5, 5.41) is 1.96.